The highest BCUT2D eigenvalue weighted by molar-refractivity contribution is 5.71. The number of esters is 1. The minimum Gasteiger partial charge on any atom is -0.481 e. The van der Waals surface area contributed by atoms with Crippen LogP contribution in [0.25, 0.3) is 0 Å². The van der Waals surface area contributed by atoms with E-state index in [0.29, 0.717) is 5.56 Å². The second-order valence-electron chi connectivity index (χ2n) is 3.92. The Hall–Kier alpha value is -1.65. The molecule has 0 saturated heterocycles. The summed E-state index contributed by atoms with van der Waals surface area (Å²) < 4.78 is 36.9. The molecular weight excluding hydrogens is 242 g/mol. The van der Waals surface area contributed by atoms with Crippen molar-refractivity contribution in [3.8, 4) is 5.75 Å². The molecule has 5 heteroatoms. The zero-order valence-corrected chi connectivity index (χ0v) is 10.6. The average Bonchev–Trinajstić information content (AvgIpc) is 2.36. The lowest BCUT2D eigenvalue weighted by molar-refractivity contribution is -0.143. The molecule has 0 amide bonds. The van der Waals surface area contributed by atoms with Gasteiger partial charge in [0.15, 0.2) is 6.61 Å². The van der Waals surface area contributed by atoms with Gasteiger partial charge in [-0.05, 0) is 19.1 Å². The van der Waals surface area contributed by atoms with Crippen molar-refractivity contribution < 1.29 is 23.0 Å². The Balaban J connectivity index is 3.00. The van der Waals surface area contributed by atoms with E-state index in [9.17, 15) is 13.6 Å². The van der Waals surface area contributed by atoms with Gasteiger partial charge in [-0.25, -0.2) is 13.6 Å². The number of carbonyl (C=O) groups is 1. The molecule has 0 atom stereocenters. The van der Waals surface area contributed by atoms with Gasteiger partial charge in [-0.3, -0.25) is 0 Å². The third-order valence-electron chi connectivity index (χ3n) is 2.55. The van der Waals surface area contributed by atoms with E-state index in [-0.39, 0.29) is 24.3 Å². The van der Waals surface area contributed by atoms with E-state index in [1.54, 1.807) is 13.0 Å². The summed E-state index contributed by atoms with van der Waals surface area (Å²) in [6, 6.07) is 4.47. The first-order valence-corrected chi connectivity index (χ1v) is 5.59. The Labute approximate surface area is 105 Å². The molecule has 0 aliphatic carbocycles. The Bertz CT molecular complexity index is 430. The number of ether oxygens (including phenoxy) is 2. The van der Waals surface area contributed by atoms with Gasteiger partial charge < -0.3 is 9.47 Å². The molecule has 0 fully saturated rings. The highest BCUT2D eigenvalue weighted by Crippen LogP contribution is 2.38. The lowest BCUT2D eigenvalue weighted by atomic mass is 10.0. The van der Waals surface area contributed by atoms with Gasteiger partial charge in [0.05, 0.1) is 12.7 Å². The maximum Gasteiger partial charge on any atom is 0.343 e. The summed E-state index contributed by atoms with van der Waals surface area (Å²) in [4.78, 5) is 10.9. The van der Waals surface area contributed by atoms with E-state index in [0.717, 1.165) is 0 Å². The van der Waals surface area contributed by atoms with Gasteiger partial charge in [0.25, 0.3) is 5.92 Å². The summed E-state index contributed by atoms with van der Waals surface area (Å²) in [5.41, 5.74) is 0.512. The molecule has 0 aliphatic rings. The summed E-state index contributed by atoms with van der Waals surface area (Å²) in [6.07, 6.45) is -0.328. The van der Waals surface area contributed by atoms with E-state index < -0.39 is 11.9 Å². The average molecular weight is 258 g/mol. The summed E-state index contributed by atoms with van der Waals surface area (Å²) >= 11 is 0. The first-order chi connectivity index (χ1) is 8.40. The SMILES string of the molecule is CCC(F)(F)c1cc(C)ccc1OCC(=O)OC. The maximum absolute atomic E-state index is 13.7. The van der Waals surface area contributed by atoms with Crippen molar-refractivity contribution in [1.82, 2.24) is 0 Å². The molecule has 18 heavy (non-hydrogen) atoms. The molecule has 0 bridgehead atoms. The number of benzene rings is 1. The summed E-state index contributed by atoms with van der Waals surface area (Å²) in [6.45, 7) is 2.73. The molecule has 0 unspecified atom stereocenters. The fraction of sp³-hybridized carbons (Fsp3) is 0.462. The van der Waals surface area contributed by atoms with Crippen LogP contribution in [0.5, 0.6) is 5.75 Å². The highest BCUT2D eigenvalue weighted by atomic mass is 19.3. The van der Waals surface area contributed by atoms with Gasteiger partial charge in [0.2, 0.25) is 0 Å². The van der Waals surface area contributed by atoms with Crippen molar-refractivity contribution >= 4 is 5.97 Å². The van der Waals surface area contributed by atoms with E-state index >= 15 is 0 Å². The van der Waals surface area contributed by atoms with Gasteiger partial charge >= 0.3 is 5.97 Å². The topological polar surface area (TPSA) is 35.5 Å². The molecule has 0 aromatic heterocycles. The number of aryl methyl sites for hydroxylation is 1. The molecule has 0 heterocycles. The summed E-state index contributed by atoms with van der Waals surface area (Å²) in [7, 11) is 1.21. The van der Waals surface area contributed by atoms with Crippen LogP contribution in [0.2, 0.25) is 0 Å². The molecule has 0 N–H and O–H groups in total. The zero-order chi connectivity index (χ0) is 13.8. The van der Waals surface area contributed by atoms with Crippen LogP contribution in [-0.2, 0) is 15.5 Å². The lowest BCUT2D eigenvalue weighted by Crippen LogP contribution is -2.17. The van der Waals surface area contributed by atoms with Crippen LogP contribution in [0.1, 0.15) is 24.5 Å². The largest absolute Gasteiger partial charge is 0.481 e. The number of methoxy groups -OCH3 is 1. The Morgan fingerprint density at radius 3 is 2.61 bits per heavy atom. The number of rotatable bonds is 5. The van der Waals surface area contributed by atoms with Crippen LogP contribution in [0.15, 0.2) is 18.2 Å². The van der Waals surface area contributed by atoms with E-state index in [1.807, 2.05) is 0 Å². The Kier molecular flexibility index (Phi) is 4.64. The zero-order valence-electron chi connectivity index (χ0n) is 10.6. The summed E-state index contributed by atoms with van der Waals surface area (Å²) in [5.74, 6) is -3.57. The first kappa shape index (κ1) is 14.4. The second-order valence-corrected chi connectivity index (χ2v) is 3.92. The van der Waals surface area contributed by atoms with Crippen LogP contribution in [-0.4, -0.2) is 19.7 Å². The number of alkyl halides is 2. The molecule has 0 spiro atoms. The Morgan fingerprint density at radius 1 is 1.39 bits per heavy atom. The molecule has 1 aromatic carbocycles. The molecule has 100 valence electrons. The highest BCUT2D eigenvalue weighted by Gasteiger charge is 2.32. The molecule has 1 rings (SSSR count). The predicted octanol–water partition coefficient (Wildman–Crippen LogP) is 3.05. The number of carbonyl (C=O) groups excluding carboxylic acids is 1. The molecule has 3 nitrogen and oxygen atoms in total. The van der Waals surface area contributed by atoms with Crippen molar-refractivity contribution in [2.24, 2.45) is 0 Å². The van der Waals surface area contributed by atoms with Crippen LogP contribution in [0, 0.1) is 6.92 Å². The number of hydrogen-bond acceptors (Lipinski definition) is 3. The Morgan fingerprint density at radius 2 is 2.06 bits per heavy atom. The quantitative estimate of drug-likeness (QED) is 0.761. The fourth-order valence-electron chi connectivity index (χ4n) is 1.44. The van der Waals surface area contributed by atoms with Gasteiger partial charge in [-0.15, -0.1) is 0 Å². The maximum atomic E-state index is 13.7. The molecule has 1 aromatic rings. The fourth-order valence-corrected chi connectivity index (χ4v) is 1.44. The van der Waals surface area contributed by atoms with Crippen molar-refractivity contribution in [3.63, 3.8) is 0 Å². The van der Waals surface area contributed by atoms with E-state index in [1.165, 1.54) is 26.2 Å². The lowest BCUT2D eigenvalue weighted by Gasteiger charge is -2.19. The second kappa shape index (κ2) is 5.80. The standard InChI is InChI=1S/C13H16F2O3/c1-4-13(14,15)10-7-9(2)5-6-11(10)18-8-12(16)17-3/h5-7H,4,8H2,1-3H3. The van der Waals surface area contributed by atoms with Gasteiger partial charge in [0, 0.05) is 6.42 Å². The van der Waals surface area contributed by atoms with Crippen LogP contribution in [0.3, 0.4) is 0 Å². The first-order valence-electron chi connectivity index (χ1n) is 5.59. The molecular formula is C13H16F2O3. The van der Waals surface area contributed by atoms with Gasteiger partial charge in [-0.1, -0.05) is 18.6 Å². The third-order valence-corrected chi connectivity index (χ3v) is 2.55. The minimum atomic E-state index is -2.97. The van der Waals surface area contributed by atoms with Crippen molar-refractivity contribution in [1.29, 1.82) is 0 Å². The number of hydrogen-bond donors (Lipinski definition) is 0. The van der Waals surface area contributed by atoms with Gasteiger partial charge in [0.1, 0.15) is 5.75 Å². The monoisotopic (exact) mass is 258 g/mol. The smallest absolute Gasteiger partial charge is 0.343 e. The predicted molar refractivity (Wildman–Crippen MR) is 62.9 cm³/mol. The van der Waals surface area contributed by atoms with Gasteiger partial charge in [-0.2, -0.15) is 0 Å². The van der Waals surface area contributed by atoms with Crippen molar-refractivity contribution in [2.45, 2.75) is 26.2 Å². The van der Waals surface area contributed by atoms with Crippen LogP contribution >= 0.6 is 0 Å². The van der Waals surface area contributed by atoms with E-state index in [4.69, 9.17) is 4.74 Å². The van der Waals surface area contributed by atoms with E-state index in [2.05, 4.69) is 4.74 Å². The molecule has 0 radical (unpaired) electrons. The number of halogens is 2. The van der Waals surface area contributed by atoms with Crippen molar-refractivity contribution in [3.05, 3.63) is 29.3 Å². The van der Waals surface area contributed by atoms with Crippen LogP contribution < -0.4 is 4.74 Å². The van der Waals surface area contributed by atoms with Crippen molar-refractivity contribution in [2.75, 3.05) is 13.7 Å². The molecule has 0 saturated carbocycles. The molecule has 0 aliphatic heterocycles. The summed E-state index contributed by atoms with van der Waals surface area (Å²) in [5, 5.41) is 0. The minimum absolute atomic E-state index is 0.0119. The van der Waals surface area contributed by atoms with Crippen LogP contribution in [0.4, 0.5) is 8.78 Å². The third kappa shape index (κ3) is 3.42. The normalized spacial score (nSPS) is 11.2.